The van der Waals surface area contributed by atoms with Gasteiger partial charge in [0.1, 0.15) is 5.82 Å². The highest BCUT2D eigenvalue weighted by Gasteiger charge is 2.52. The summed E-state index contributed by atoms with van der Waals surface area (Å²) in [5.74, 6) is 2.58. The van der Waals surface area contributed by atoms with Crippen molar-refractivity contribution in [3.05, 3.63) is 53.5 Å². The molecule has 2 aliphatic carbocycles. The maximum atomic E-state index is 14.2. The number of hydrogen-bond donors (Lipinski definition) is 3. The first-order valence-corrected chi connectivity index (χ1v) is 13.5. The molecule has 0 unspecified atom stereocenters. The van der Waals surface area contributed by atoms with Gasteiger partial charge in [0.25, 0.3) is 0 Å². The second-order valence-electron chi connectivity index (χ2n) is 10.9. The Hall–Kier alpha value is -3.62. The zero-order valence-electron chi connectivity index (χ0n) is 21.2. The molecule has 0 radical (unpaired) electrons. The smallest absolute Gasteiger partial charge is 0.239 e. The minimum absolute atomic E-state index is 0.100. The summed E-state index contributed by atoms with van der Waals surface area (Å²) in [6.07, 6.45) is 8.01. The second kappa shape index (κ2) is 9.68. The lowest BCUT2D eigenvalue weighted by Crippen LogP contribution is -2.56. The molecular weight excluding hydrogens is 466 g/mol. The molecule has 0 bridgehead atoms. The summed E-state index contributed by atoms with van der Waals surface area (Å²) in [5, 5.41) is 7.01. The third kappa shape index (κ3) is 4.63. The van der Waals surface area contributed by atoms with Crippen molar-refractivity contribution in [1.29, 1.82) is 0 Å². The van der Waals surface area contributed by atoms with E-state index in [2.05, 4.69) is 27.7 Å². The molecule has 0 atom stereocenters. The van der Waals surface area contributed by atoms with E-state index in [9.17, 15) is 9.59 Å². The SMILES string of the molecule is N/C=C(\C=O)N1Cc2c(NCC3CC3)nc(NCC3CC3)nc2C2(CCN(c3ccccc3)CC2)C1=O. The van der Waals surface area contributed by atoms with Crippen LogP contribution in [0.3, 0.4) is 0 Å². The highest BCUT2D eigenvalue weighted by molar-refractivity contribution is 5.95. The highest BCUT2D eigenvalue weighted by atomic mass is 16.2. The molecule has 2 saturated carbocycles. The van der Waals surface area contributed by atoms with E-state index < -0.39 is 5.41 Å². The van der Waals surface area contributed by atoms with Gasteiger partial charge < -0.3 is 26.2 Å². The van der Waals surface area contributed by atoms with E-state index in [-0.39, 0.29) is 18.1 Å². The third-order valence-electron chi connectivity index (χ3n) is 8.27. The molecule has 37 heavy (non-hydrogen) atoms. The lowest BCUT2D eigenvalue weighted by atomic mass is 9.70. The van der Waals surface area contributed by atoms with Crippen molar-refractivity contribution in [2.45, 2.75) is 50.5 Å². The number of hydrogen-bond acceptors (Lipinski definition) is 8. The lowest BCUT2D eigenvalue weighted by Gasteiger charge is -2.47. The van der Waals surface area contributed by atoms with Crippen molar-refractivity contribution in [2.24, 2.45) is 17.6 Å². The van der Waals surface area contributed by atoms with Crippen molar-refractivity contribution in [3.8, 4) is 0 Å². The van der Waals surface area contributed by atoms with E-state index in [1.165, 1.54) is 36.8 Å². The number of piperidine rings is 1. The Labute approximate surface area is 217 Å². The molecule has 2 aromatic rings. The summed E-state index contributed by atoms with van der Waals surface area (Å²) in [6.45, 7) is 3.36. The minimum Gasteiger partial charge on any atom is -0.403 e. The fourth-order valence-corrected chi connectivity index (χ4v) is 5.60. The highest BCUT2D eigenvalue weighted by Crippen LogP contribution is 2.45. The fraction of sp³-hybridized carbons (Fsp3) is 0.500. The van der Waals surface area contributed by atoms with Gasteiger partial charge in [-0.15, -0.1) is 0 Å². The van der Waals surface area contributed by atoms with E-state index >= 15 is 0 Å². The third-order valence-corrected chi connectivity index (χ3v) is 8.27. The molecule has 1 saturated heterocycles. The molecule has 3 heterocycles. The topological polar surface area (TPSA) is 116 Å². The Bertz CT molecular complexity index is 1200. The summed E-state index contributed by atoms with van der Waals surface area (Å²) in [6, 6.07) is 10.3. The van der Waals surface area contributed by atoms with Gasteiger partial charge in [-0.3, -0.25) is 9.59 Å². The van der Waals surface area contributed by atoms with E-state index in [1.807, 2.05) is 18.2 Å². The van der Waals surface area contributed by atoms with Crippen LogP contribution in [0.25, 0.3) is 0 Å². The fourth-order valence-electron chi connectivity index (χ4n) is 5.60. The van der Waals surface area contributed by atoms with Crippen molar-refractivity contribution in [2.75, 3.05) is 41.7 Å². The Morgan fingerprint density at radius 1 is 1.03 bits per heavy atom. The first-order valence-electron chi connectivity index (χ1n) is 13.5. The van der Waals surface area contributed by atoms with E-state index in [0.29, 0.717) is 50.0 Å². The van der Waals surface area contributed by atoms with Crippen molar-refractivity contribution in [3.63, 3.8) is 0 Å². The van der Waals surface area contributed by atoms with Crippen LogP contribution >= 0.6 is 0 Å². The number of anilines is 3. The molecule has 9 heteroatoms. The number of para-hydroxylation sites is 1. The van der Waals surface area contributed by atoms with Crippen LogP contribution in [0.1, 0.15) is 49.8 Å². The van der Waals surface area contributed by atoms with Gasteiger partial charge in [-0.25, -0.2) is 4.98 Å². The zero-order chi connectivity index (χ0) is 25.4. The molecule has 3 fully saturated rings. The maximum Gasteiger partial charge on any atom is 0.239 e. The number of carbonyl (C=O) groups is 2. The normalized spacial score (nSPS) is 21.1. The predicted octanol–water partition coefficient (Wildman–Crippen LogP) is 3.00. The van der Waals surface area contributed by atoms with Crippen LogP contribution in [0.2, 0.25) is 0 Å². The number of aldehydes is 1. The number of rotatable bonds is 9. The monoisotopic (exact) mass is 501 g/mol. The quantitative estimate of drug-likeness (QED) is 0.355. The van der Waals surface area contributed by atoms with Crippen LogP contribution in [0.4, 0.5) is 17.5 Å². The van der Waals surface area contributed by atoms with E-state index in [1.54, 1.807) is 0 Å². The number of nitrogens with zero attached hydrogens (tertiary/aromatic N) is 4. The van der Waals surface area contributed by atoms with Crippen LogP contribution in [0.15, 0.2) is 42.2 Å². The average molecular weight is 502 g/mol. The van der Waals surface area contributed by atoms with Crippen LogP contribution in [-0.2, 0) is 21.5 Å². The van der Waals surface area contributed by atoms with Crippen molar-refractivity contribution < 1.29 is 9.59 Å². The van der Waals surface area contributed by atoms with Gasteiger partial charge in [0.2, 0.25) is 11.9 Å². The Balaban J connectivity index is 1.40. The average Bonchev–Trinajstić information content (AvgIpc) is 3.86. The molecule has 4 N–H and O–H groups in total. The number of amides is 1. The molecule has 1 aromatic carbocycles. The summed E-state index contributed by atoms with van der Waals surface area (Å²) in [4.78, 5) is 39.9. The van der Waals surface area contributed by atoms with Gasteiger partial charge in [0.15, 0.2) is 6.29 Å². The standard InChI is InChI=1S/C28H35N7O2/c29-14-22(18-36)35-17-23-24(28(26(35)37)10-12-34(13-11-28)21-4-2-1-3-5-21)32-27(31-16-20-8-9-20)33-25(23)30-15-19-6-7-19/h1-5,14,18-20H,6-13,15-17,29H2,(H2,30,31,32,33)/b22-14+. The molecule has 6 rings (SSSR count). The number of allylic oxidation sites excluding steroid dienone is 1. The lowest BCUT2D eigenvalue weighted by molar-refractivity contribution is -0.139. The molecule has 4 aliphatic rings. The van der Waals surface area contributed by atoms with Gasteiger partial charge in [-0.2, -0.15) is 4.98 Å². The molecule has 1 amide bonds. The molecule has 1 aromatic heterocycles. The van der Waals surface area contributed by atoms with Crippen LogP contribution in [-0.4, -0.2) is 53.2 Å². The van der Waals surface area contributed by atoms with Crippen molar-refractivity contribution >= 4 is 29.6 Å². The zero-order valence-corrected chi connectivity index (χ0v) is 21.2. The number of benzene rings is 1. The van der Waals surface area contributed by atoms with Gasteiger partial charge >= 0.3 is 0 Å². The molecule has 194 valence electrons. The van der Waals surface area contributed by atoms with E-state index in [4.69, 9.17) is 15.7 Å². The van der Waals surface area contributed by atoms with E-state index in [0.717, 1.165) is 35.9 Å². The first kappa shape index (κ1) is 23.8. The summed E-state index contributed by atoms with van der Waals surface area (Å²) in [7, 11) is 0. The van der Waals surface area contributed by atoms with Crippen LogP contribution in [0, 0.1) is 11.8 Å². The van der Waals surface area contributed by atoms with Gasteiger partial charge in [-0.05, 0) is 62.5 Å². The van der Waals surface area contributed by atoms with Crippen molar-refractivity contribution in [1.82, 2.24) is 14.9 Å². The second-order valence-corrected chi connectivity index (χ2v) is 10.9. The summed E-state index contributed by atoms with van der Waals surface area (Å²) < 4.78 is 0. The van der Waals surface area contributed by atoms with Gasteiger partial charge in [0, 0.05) is 43.6 Å². The molecule has 9 nitrogen and oxygen atoms in total. The number of fused-ring (bicyclic) bond motifs is 2. The summed E-state index contributed by atoms with van der Waals surface area (Å²) in [5.41, 5.74) is 7.99. The van der Waals surface area contributed by atoms with Crippen LogP contribution in [0.5, 0.6) is 0 Å². The Kier molecular flexibility index (Phi) is 6.22. The van der Waals surface area contributed by atoms with Gasteiger partial charge in [-0.1, -0.05) is 18.2 Å². The first-order chi connectivity index (χ1) is 18.1. The number of aromatic nitrogens is 2. The molecule has 1 spiro atoms. The molecular formula is C28H35N7O2. The predicted molar refractivity (Wildman–Crippen MR) is 143 cm³/mol. The number of carbonyl (C=O) groups excluding carboxylic acids is 2. The van der Waals surface area contributed by atoms with Gasteiger partial charge in [0.05, 0.1) is 23.4 Å². The maximum absolute atomic E-state index is 14.2. The summed E-state index contributed by atoms with van der Waals surface area (Å²) >= 11 is 0. The minimum atomic E-state index is -0.842. The largest absolute Gasteiger partial charge is 0.403 e. The Morgan fingerprint density at radius 2 is 1.70 bits per heavy atom. The molecule has 2 aliphatic heterocycles. The Morgan fingerprint density at radius 3 is 2.32 bits per heavy atom. The number of nitrogens with one attached hydrogen (secondary N) is 2. The number of nitrogens with two attached hydrogens (primary N) is 1. The van der Waals surface area contributed by atoms with Crippen LogP contribution < -0.4 is 21.3 Å².